The van der Waals surface area contributed by atoms with E-state index in [0.717, 1.165) is 6.54 Å². The Morgan fingerprint density at radius 2 is 1.90 bits per heavy atom. The van der Waals surface area contributed by atoms with Crippen molar-refractivity contribution in [3.05, 3.63) is 0 Å². The van der Waals surface area contributed by atoms with E-state index in [4.69, 9.17) is 9.47 Å². The zero-order valence-corrected chi connectivity index (χ0v) is 13.3. The molecule has 0 N–H and O–H groups in total. The van der Waals surface area contributed by atoms with E-state index in [0.29, 0.717) is 25.9 Å². The lowest BCUT2D eigenvalue weighted by atomic mass is 9.98. The number of methoxy groups -OCH3 is 2. The highest BCUT2D eigenvalue weighted by Gasteiger charge is 2.42. The second-order valence-corrected chi connectivity index (χ2v) is 6.45. The molecule has 20 heavy (non-hydrogen) atoms. The minimum atomic E-state index is -0.236. The first-order valence-corrected chi connectivity index (χ1v) is 7.14. The van der Waals surface area contributed by atoms with Gasteiger partial charge in [0.15, 0.2) is 0 Å². The molecule has 116 valence electrons. The molecule has 1 heterocycles. The van der Waals surface area contributed by atoms with Crippen LogP contribution >= 0.6 is 0 Å². The van der Waals surface area contributed by atoms with Gasteiger partial charge in [0.1, 0.15) is 11.8 Å². The Morgan fingerprint density at radius 3 is 2.40 bits per heavy atom. The Bertz CT molecular complexity index is 348. The molecule has 5 heteroatoms. The number of ether oxygens (including phenoxy) is 2. The van der Waals surface area contributed by atoms with Gasteiger partial charge < -0.3 is 9.47 Å². The Hall–Kier alpha value is -0.940. The fourth-order valence-electron chi connectivity index (χ4n) is 2.81. The molecule has 0 aromatic heterocycles. The number of hydrogen-bond donors (Lipinski definition) is 0. The number of esters is 1. The number of carbonyl (C=O) groups is 2. The molecule has 0 bridgehead atoms. The van der Waals surface area contributed by atoms with Gasteiger partial charge in [-0.05, 0) is 33.1 Å². The lowest BCUT2D eigenvalue weighted by molar-refractivity contribution is -0.147. The van der Waals surface area contributed by atoms with E-state index >= 15 is 0 Å². The van der Waals surface area contributed by atoms with Crippen LogP contribution in [0.25, 0.3) is 0 Å². The van der Waals surface area contributed by atoms with E-state index in [2.05, 4.69) is 25.7 Å². The largest absolute Gasteiger partial charge is 0.468 e. The highest BCUT2D eigenvalue weighted by Crippen LogP contribution is 2.32. The van der Waals surface area contributed by atoms with Crippen molar-refractivity contribution in [1.82, 2.24) is 4.90 Å². The predicted molar refractivity (Wildman–Crippen MR) is 76.5 cm³/mol. The molecule has 1 aliphatic heterocycles. The van der Waals surface area contributed by atoms with Crippen LogP contribution in [-0.4, -0.2) is 55.6 Å². The summed E-state index contributed by atoms with van der Waals surface area (Å²) in [5.41, 5.74) is -0.108. The Morgan fingerprint density at radius 1 is 1.25 bits per heavy atom. The van der Waals surface area contributed by atoms with E-state index in [9.17, 15) is 9.59 Å². The SMILES string of the molecule is COCCC(=O)C[C@@H]1CC(C(=O)OC)N(C(C)(C)C)C1. The molecule has 0 aromatic rings. The monoisotopic (exact) mass is 285 g/mol. The normalized spacial score (nSPS) is 23.9. The van der Waals surface area contributed by atoms with Crippen LogP contribution < -0.4 is 0 Å². The lowest BCUT2D eigenvalue weighted by Gasteiger charge is -2.35. The van der Waals surface area contributed by atoms with Gasteiger partial charge in [-0.25, -0.2) is 0 Å². The topological polar surface area (TPSA) is 55.8 Å². The molecular weight excluding hydrogens is 258 g/mol. The second-order valence-electron chi connectivity index (χ2n) is 6.45. The maximum Gasteiger partial charge on any atom is 0.323 e. The molecule has 0 aliphatic carbocycles. The number of carbonyl (C=O) groups excluding carboxylic acids is 2. The van der Waals surface area contributed by atoms with E-state index in [-0.39, 0.29) is 29.3 Å². The van der Waals surface area contributed by atoms with Crippen molar-refractivity contribution in [3.8, 4) is 0 Å². The van der Waals surface area contributed by atoms with E-state index in [1.807, 2.05) is 0 Å². The van der Waals surface area contributed by atoms with Gasteiger partial charge in [0.05, 0.1) is 13.7 Å². The third-order valence-corrected chi connectivity index (χ3v) is 3.82. The van der Waals surface area contributed by atoms with Gasteiger partial charge in [-0.2, -0.15) is 0 Å². The van der Waals surface area contributed by atoms with Gasteiger partial charge in [-0.3, -0.25) is 14.5 Å². The van der Waals surface area contributed by atoms with Crippen LogP contribution in [-0.2, 0) is 19.1 Å². The van der Waals surface area contributed by atoms with Crippen LogP contribution in [0.3, 0.4) is 0 Å². The van der Waals surface area contributed by atoms with Crippen LogP contribution in [0, 0.1) is 5.92 Å². The van der Waals surface area contributed by atoms with E-state index in [1.165, 1.54) is 7.11 Å². The smallest absolute Gasteiger partial charge is 0.323 e. The molecular formula is C15H27NO4. The molecule has 1 aliphatic rings. The first-order chi connectivity index (χ1) is 9.29. The third kappa shape index (κ3) is 4.56. The molecule has 5 nitrogen and oxygen atoms in total. The zero-order chi connectivity index (χ0) is 15.3. The fourth-order valence-corrected chi connectivity index (χ4v) is 2.81. The maximum atomic E-state index is 11.9. The molecule has 0 aromatic carbocycles. The van der Waals surface area contributed by atoms with Crippen molar-refractivity contribution >= 4 is 11.8 Å². The van der Waals surface area contributed by atoms with Gasteiger partial charge >= 0.3 is 5.97 Å². The van der Waals surface area contributed by atoms with Gasteiger partial charge in [-0.1, -0.05) is 0 Å². The number of rotatable bonds is 6. The number of Topliss-reactive ketones (excluding diaryl/α,β-unsaturated/α-hetero) is 1. The highest BCUT2D eigenvalue weighted by molar-refractivity contribution is 5.79. The van der Waals surface area contributed by atoms with Crippen molar-refractivity contribution in [2.24, 2.45) is 5.92 Å². The summed E-state index contributed by atoms with van der Waals surface area (Å²) < 4.78 is 9.82. The molecule has 1 unspecified atom stereocenters. The molecule has 0 amide bonds. The number of likely N-dealkylation sites (tertiary alicyclic amines) is 1. The standard InChI is InChI=1S/C15H27NO4/c1-15(2,3)16-10-11(8-12(17)6-7-19-4)9-13(16)14(18)20-5/h11,13H,6-10H2,1-5H3/t11-,13?/m1/s1. The van der Waals surface area contributed by atoms with Crippen molar-refractivity contribution < 1.29 is 19.1 Å². The average Bonchev–Trinajstić information content (AvgIpc) is 2.79. The molecule has 0 saturated carbocycles. The van der Waals surface area contributed by atoms with Gasteiger partial charge in [0.2, 0.25) is 0 Å². The van der Waals surface area contributed by atoms with Crippen LogP contribution in [0.2, 0.25) is 0 Å². The van der Waals surface area contributed by atoms with Crippen LogP contribution in [0.4, 0.5) is 0 Å². The lowest BCUT2D eigenvalue weighted by Crippen LogP contribution is -2.48. The second kappa shape index (κ2) is 7.18. The van der Waals surface area contributed by atoms with E-state index < -0.39 is 0 Å². The Kier molecular flexibility index (Phi) is 6.14. The third-order valence-electron chi connectivity index (χ3n) is 3.82. The highest BCUT2D eigenvalue weighted by atomic mass is 16.5. The molecule has 2 atom stereocenters. The summed E-state index contributed by atoms with van der Waals surface area (Å²) in [5.74, 6) is 0.227. The zero-order valence-electron chi connectivity index (χ0n) is 13.3. The predicted octanol–water partition coefficient (Wildman–Crippen LogP) is 1.64. The van der Waals surface area contributed by atoms with Crippen LogP contribution in [0.1, 0.15) is 40.0 Å². The van der Waals surface area contributed by atoms with Crippen molar-refractivity contribution in [3.63, 3.8) is 0 Å². The summed E-state index contributed by atoms with van der Waals surface area (Å²) in [6.07, 6.45) is 1.66. The van der Waals surface area contributed by atoms with Crippen molar-refractivity contribution in [1.29, 1.82) is 0 Å². The summed E-state index contributed by atoms with van der Waals surface area (Å²) in [7, 11) is 3.01. The summed E-state index contributed by atoms with van der Waals surface area (Å²) in [5, 5.41) is 0. The Balaban J connectivity index is 2.65. The van der Waals surface area contributed by atoms with E-state index in [1.54, 1.807) is 7.11 Å². The van der Waals surface area contributed by atoms with Crippen molar-refractivity contribution in [2.75, 3.05) is 27.4 Å². The van der Waals surface area contributed by atoms with Crippen LogP contribution in [0.5, 0.6) is 0 Å². The maximum absolute atomic E-state index is 11.9. The Labute approximate surface area is 121 Å². The average molecular weight is 285 g/mol. The van der Waals surface area contributed by atoms with Gasteiger partial charge in [0.25, 0.3) is 0 Å². The first-order valence-electron chi connectivity index (χ1n) is 7.14. The minimum Gasteiger partial charge on any atom is -0.468 e. The quantitative estimate of drug-likeness (QED) is 0.694. The summed E-state index contributed by atoms with van der Waals surface area (Å²) in [6.45, 7) is 7.48. The minimum absolute atomic E-state index is 0.108. The van der Waals surface area contributed by atoms with Crippen molar-refractivity contribution in [2.45, 2.75) is 51.6 Å². The molecule has 0 radical (unpaired) electrons. The van der Waals surface area contributed by atoms with Gasteiger partial charge in [0, 0.05) is 32.0 Å². The molecule has 1 saturated heterocycles. The number of nitrogens with zero attached hydrogens (tertiary/aromatic N) is 1. The molecule has 1 fully saturated rings. The molecule has 0 spiro atoms. The number of ketones is 1. The summed E-state index contributed by atoms with van der Waals surface area (Å²) in [6, 6.07) is -0.236. The first kappa shape index (κ1) is 17.1. The molecule has 1 rings (SSSR count). The summed E-state index contributed by atoms with van der Waals surface area (Å²) in [4.78, 5) is 25.9. The van der Waals surface area contributed by atoms with Gasteiger partial charge in [-0.15, -0.1) is 0 Å². The summed E-state index contributed by atoms with van der Waals surface area (Å²) >= 11 is 0. The van der Waals surface area contributed by atoms with Crippen LogP contribution in [0.15, 0.2) is 0 Å². The number of hydrogen-bond acceptors (Lipinski definition) is 5. The fraction of sp³-hybridized carbons (Fsp3) is 0.867.